The molecule has 3 aromatic carbocycles. The minimum atomic E-state index is -0.952. The van der Waals surface area contributed by atoms with E-state index in [2.05, 4.69) is 0 Å². The maximum Gasteiger partial charge on any atom is 0.266 e. The van der Waals surface area contributed by atoms with Crippen molar-refractivity contribution in [2.45, 2.75) is 12.1 Å². The summed E-state index contributed by atoms with van der Waals surface area (Å²) in [5.74, 6) is -0.384. The van der Waals surface area contributed by atoms with Crippen molar-refractivity contribution in [3.05, 3.63) is 83.4 Å². The number of rotatable bonds is 5. The number of anilines is 2. The summed E-state index contributed by atoms with van der Waals surface area (Å²) in [7, 11) is 3.11. The van der Waals surface area contributed by atoms with Gasteiger partial charge in [-0.1, -0.05) is 35.9 Å². The Hall–Kier alpha value is -3.55. The summed E-state index contributed by atoms with van der Waals surface area (Å²) < 4.78 is 10.8. The molecule has 3 aromatic rings. The summed E-state index contributed by atoms with van der Waals surface area (Å²) in [6.45, 7) is 0. The maximum atomic E-state index is 13.6. The molecule has 2 aliphatic rings. The molecule has 0 aromatic heterocycles. The van der Waals surface area contributed by atoms with Crippen LogP contribution in [0.4, 0.5) is 11.4 Å². The van der Waals surface area contributed by atoms with Crippen LogP contribution in [-0.2, 0) is 14.4 Å². The van der Waals surface area contributed by atoms with E-state index in [0.717, 1.165) is 11.3 Å². The van der Waals surface area contributed by atoms with Gasteiger partial charge >= 0.3 is 0 Å². The van der Waals surface area contributed by atoms with Crippen molar-refractivity contribution < 1.29 is 23.9 Å². The fourth-order valence-electron chi connectivity index (χ4n) is 4.43. The van der Waals surface area contributed by atoms with Crippen molar-refractivity contribution in [1.82, 2.24) is 0 Å². The molecule has 0 aliphatic carbocycles. The molecule has 2 heterocycles. The van der Waals surface area contributed by atoms with Crippen LogP contribution in [0.1, 0.15) is 11.6 Å². The Morgan fingerprint density at radius 1 is 0.818 bits per heavy atom. The summed E-state index contributed by atoms with van der Waals surface area (Å²) in [6, 6.07) is 20.9. The van der Waals surface area contributed by atoms with E-state index in [1.54, 1.807) is 49.6 Å². The molecule has 0 N–H and O–H groups in total. The third-order valence-corrected chi connectivity index (χ3v) is 6.21. The van der Waals surface area contributed by atoms with Crippen LogP contribution in [0.3, 0.4) is 0 Å². The molecule has 2 amide bonds. The van der Waals surface area contributed by atoms with Crippen molar-refractivity contribution in [3.8, 4) is 11.5 Å². The van der Waals surface area contributed by atoms with Gasteiger partial charge in [0.25, 0.3) is 5.91 Å². The molecule has 0 radical (unpaired) electrons. The molecule has 2 aliphatic heterocycles. The molecule has 2 saturated heterocycles. The number of carbonyl (C=O) groups excluding carboxylic acids is 2. The Labute approximate surface area is 196 Å². The van der Waals surface area contributed by atoms with Crippen molar-refractivity contribution in [2.24, 2.45) is 5.92 Å². The number of benzene rings is 3. The van der Waals surface area contributed by atoms with Gasteiger partial charge in [0.1, 0.15) is 5.92 Å². The molecule has 168 valence electrons. The molecule has 0 saturated carbocycles. The van der Waals surface area contributed by atoms with Gasteiger partial charge in [0.15, 0.2) is 17.6 Å². The van der Waals surface area contributed by atoms with E-state index in [1.165, 1.54) is 4.90 Å². The molecule has 8 heteroatoms. The second-order valence-electron chi connectivity index (χ2n) is 7.76. The number of amides is 2. The molecule has 0 unspecified atom stereocenters. The van der Waals surface area contributed by atoms with E-state index in [-0.39, 0.29) is 5.91 Å². The van der Waals surface area contributed by atoms with Crippen LogP contribution < -0.4 is 19.4 Å². The zero-order valence-corrected chi connectivity index (χ0v) is 18.7. The van der Waals surface area contributed by atoms with Gasteiger partial charge in [-0.3, -0.25) is 14.4 Å². The highest BCUT2D eigenvalue weighted by Crippen LogP contribution is 2.48. The van der Waals surface area contributed by atoms with Gasteiger partial charge in [0, 0.05) is 5.02 Å². The van der Waals surface area contributed by atoms with Crippen LogP contribution in [0.5, 0.6) is 11.5 Å². The number of nitrogens with zero attached hydrogens (tertiary/aromatic N) is 2. The Balaban J connectivity index is 1.60. The van der Waals surface area contributed by atoms with Gasteiger partial charge in [0.05, 0.1) is 31.6 Å². The third-order valence-electron chi connectivity index (χ3n) is 5.96. The number of ether oxygens (including phenoxy) is 2. The van der Waals surface area contributed by atoms with Gasteiger partial charge in [-0.15, -0.1) is 0 Å². The van der Waals surface area contributed by atoms with Crippen molar-refractivity contribution in [1.29, 1.82) is 0 Å². The number of hydrogen-bond donors (Lipinski definition) is 0. The predicted molar refractivity (Wildman–Crippen MR) is 124 cm³/mol. The highest BCUT2D eigenvalue weighted by Gasteiger charge is 2.60. The van der Waals surface area contributed by atoms with Gasteiger partial charge in [-0.2, -0.15) is 0 Å². The first-order valence-electron chi connectivity index (χ1n) is 10.4. The lowest BCUT2D eigenvalue weighted by molar-refractivity contribution is -0.126. The molecule has 7 nitrogen and oxygen atoms in total. The summed E-state index contributed by atoms with van der Waals surface area (Å²) in [4.78, 5) is 34.3. The molecule has 3 atom stereocenters. The summed E-state index contributed by atoms with van der Waals surface area (Å²) in [5, 5.41) is 2.17. The predicted octanol–water partition coefficient (Wildman–Crippen LogP) is 4.41. The smallest absolute Gasteiger partial charge is 0.266 e. The van der Waals surface area contributed by atoms with Crippen LogP contribution >= 0.6 is 11.6 Å². The van der Waals surface area contributed by atoms with E-state index >= 15 is 0 Å². The normalized spacial score (nSPS) is 22.0. The highest BCUT2D eigenvalue weighted by molar-refractivity contribution is 6.31. The Morgan fingerprint density at radius 3 is 2.18 bits per heavy atom. The van der Waals surface area contributed by atoms with Crippen molar-refractivity contribution in [3.63, 3.8) is 0 Å². The number of imide groups is 1. The second kappa shape index (κ2) is 8.42. The number of halogens is 1. The van der Waals surface area contributed by atoms with Gasteiger partial charge in [0.2, 0.25) is 5.91 Å². The molecular weight excluding hydrogens is 444 g/mol. The van der Waals surface area contributed by atoms with Crippen LogP contribution in [0.2, 0.25) is 5.02 Å². The average Bonchev–Trinajstić information content (AvgIpc) is 3.36. The SMILES string of the molecule is COc1ccc([C@@H]2[C@H]3C(=O)N(c4ccc(Cl)cc4)C(=O)[C@@H]3ON2c2ccccc2)cc1OC. The molecule has 5 rings (SSSR count). The largest absolute Gasteiger partial charge is 0.493 e. The lowest BCUT2D eigenvalue weighted by atomic mass is 9.90. The van der Waals surface area contributed by atoms with Gasteiger partial charge in [-0.25, -0.2) is 9.96 Å². The number of hydrogen-bond acceptors (Lipinski definition) is 6. The van der Waals surface area contributed by atoms with Crippen LogP contribution in [-0.4, -0.2) is 32.1 Å². The van der Waals surface area contributed by atoms with E-state index in [9.17, 15) is 9.59 Å². The molecule has 33 heavy (non-hydrogen) atoms. The van der Waals surface area contributed by atoms with E-state index in [0.29, 0.717) is 22.2 Å². The van der Waals surface area contributed by atoms with E-state index in [4.69, 9.17) is 25.9 Å². The van der Waals surface area contributed by atoms with Gasteiger partial charge < -0.3 is 9.47 Å². The first kappa shape index (κ1) is 21.3. The lowest BCUT2D eigenvalue weighted by Crippen LogP contribution is -2.37. The quantitative estimate of drug-likeness (QED) is 0.521. The topological polar surface area (TPSA) is 68.3 Å². The number of para-hydroxylation sites is 1. The van der Waals surface area contributed by atoms with Gasteiger partial charge in [-0.05, 0) is 54.1 Å². The van der Waals surface area contributed by atoms with E-state index < -0.39 is 24.0 Å². The zero-order chi connectivity index (χ0) is 23.1. The highest BCUT2D eigenvalue weighted by atomic mass is 35.5. The molecule has 0 bridgehead atoms. The average molecular weight is 465 g/mol. The molecule has 2 fully saturated rings. The number of methoxy groups -OCH3 is 2. The van der Waals surface area contributed by atoms with Crippen LogP contribution in [0.25, 0.3) is 0 Å². The zero-order valence-electron chi connectivity index (χ0n) is 18.0. The monoisotopic (exact) mass is 464 g/mol. The maximum absolute atomic E-state index is 13.6. The number of fused-ring (bicyclic) bond motifs is 1. The standard InChI is InChI=1S/C25H21ClN2O5/c1-31-19-13-8-15(14-20(19)32-2)22-21-23(33-28(22)18-6-4-3-5-7-18)25(30)27(24(21)29)17-11-9-16(26)10-12-17/h3-14,21-23H,1-2H3/t21-,22-,23-/m1/s1. The minimum absolute atomic E-state index is 0.328. The second-order valence-corrected chi connectivity index (χ2v) is 8.20. The van der Waals surface area contributed by atoms with Crippen LogP contribution in [0.15, 0.2) is 72.8 Å². The number of carbonyl (C=O) groups is 2. The lowest BCUT2D eigenvalue weighted by Gasteiger charge is -2.29. The summed E-state index contributed by atoms with van der Waals surface area (Å²) >= 11 is 5.99. The summed E-state index contributed by atoms with van der Waals surface area (Å²) in [5.41, 5.74) is 1.97. The Kier molecular flexibility index (Phi) is 5.44. The van der Waals surface area contributed by atoms with E-state index in [1.807, 2.05) is 42.5 Å². The fourth-order valence-corrected chi connectivity index (χ4v) is 4.56. The number of hydroxylamine groups is 1. The molecule has 0 spiro atoms. The Morgan fingerprint density at radius 2 is 1.52 bits per heavy atom. The Bertz CT molecular complexity index is 1200. The first-order valence-corrected chi connectivity index (χ1v) is 10.8. The minimum Gasteiger partial charge on any atom is -0.493 e. The third kappa shape index (κ3) is 3.50. The van der Waals surface area contributed by atoms with Crippen LogP contribution in [0, 0.1) is 5.92 Å². The first-order chi connectivity index (χ1) is 16.0. The van der Waals surface area contributed by atoms with Crippen molar-refractivity contribution in [2.75, 3.05) is 24.2 Å². The summed E-state index contributed by atoms with van der Waals surface area (Å²) in [6.07, 6.45) is -0.952. The van der Waals surface area contributed by atoms with Crippen molar-refractivity contribution >= 4 is 34.8 Å². The fraction of sp³-hybridized carbons (Fsp3) is 0.200. The molecular formula is C25H21ClN2O5.